The van der Waals surface area contributed by atoms with E-state index in [4.69, 9.17) is 9.47 Å². The van der Waals surface area contributed by atoms with Gasteiger partial charge in [-0.25, -0.2) is 4.98 Å². The molecular weight excluding hydrogens is 462 g/mol. The molecule has 1 aromatic heterocycles. The maximum absolute atomic E-state index is 13.7. The van der Waals surface area contributed by atoms with E-state index in [9.17, 15) is 14.9 Å². The van der Waals surface area contributed by atoms with Crippen LogP contribution in [0.5, 0.6) is 11.5 Å². The van der Waals surface area contributed by atoms with Crippen LogP contribution in [0.1, 0.15) is 18.5 Å². The second-order valence-corrected chi connectivity index (χ2v) is 8.20. The lowest BCUT2D eigenvalue weighted by Crippen LogP contribution is -2.31. The highest BCUT2D eigenvalue weighted by molar-refractivity contribution is 6.06. The molecular formula is C26H23N5O5. The molecule has 1 amide bonds. The Hall–Kier alpha value is -4.86. The van der Waals surface area contributed by atoms with Crippen molar-refractivity contribution in [3.05, 3.63) is 93.7 Å². The number of nitrogens with one attached hydrogen (secondary N) is 2. The molecule has 1 aliphatic heterocycles. The quantitative estimate of drug-likeness (QED) is 0.295. The molecule has 2 N–H and O–H groups in total. The summed E-state index contributed by atoms with van der Waals surface area (Å²) in [4.78, 5) is 30.1. The van der Waals surface area contributed by atoms with E-state index >= 15 is 0 Å². The van der Waals surface area contributed by atoms with Gasteiger partial charge >= 0.3 is 0 Å². The predicted octanol–water partition coefficient (Wildman–Crippen LogP) is 4.89. The second-order valence-electron chi connectivity index (χ2n) is 8.20. The molecule has 0 saturated carbocycles. The first kappa shape index (κ1) is 22.9. The normalized spacial score (nSPS) is 14.7. The van der Waals surface area contributed by atoms with Crippen LogP contribution in [0.15, 0.2) is 78.0 Å². The standard InChI is InChI=1S/C26H23N5O5/c1-15-23(25(32)28-16-9-5-4-6-10-16)24(30-19-12-8-7-11-18(19)29-26(30)27-15)17-13-21(35-2)22(36-3)14-20(17)31(33)34/h4-14,24H,1-3H3,(H,27,29)(H,28,32). The van der Waals surface area contributed by atoms with Crippen LogP contribution < -0.4 is 20.1 Å². The third kappa shape index (κ3) is 3.78. The van der Waals surface area contributed by atoms with Crippen molar-refractivity contribution in [1.29, 1.82) is 0 Å². The second kappa shape index (κ2) is 9.06. The zero-order chi connectivity index (χ0) is 25.4. The van der Waals surface area contributed by atoms with Gasteiger partial charge in [0, 0.05) is 11.4 Å². The van der Waals surface area contributed by atoms with Crippen LogP contribution in [-0.4, -0.2) is 34.6 Å². The predicted molar refractivity (Wildman–Crippen MR) is 135 cm³/mol. The van der Waals surface area contributed by atoms with E-state index in [1.807, 2.05) is 42.5 Å². The third-order valence-electron chi connectivity index (χ3n) is 6.13. The lowest BCUT2D eigenvalue weighted by molar-refractivity contribution is -0.385. The van der Waals surface area contributed by atoms with Crippen molar-refractivity contribution >= 4 is 34.3 Å². The Morgan fingerprint density at radius 1 is 1.06 bits per heavy atom. The first-order chi connectivity index (χ1) is 17.4. The Morgan fingerprint density at radius 2 is 1.72 bits per heavy atom. The zero-order valence-corrected chi connectivity index (χ0v) is 19.8. The fraction of sp³-hybridized carbons (Fsp3) is 0.154. The molecule has 4 aromatic rings. The number of benzene rings is 3. The number of imidazole rings is 1. The zero-order valence-electron chi connectivity index (χ0n) is 19.8. The number of para-hydroxylation sites is 3. The first-order valence-corrected chi connectivity index (χ1v) is 11.1. The average Bonchev–Trinajstić information content (AvgIpc) is 3.25. The Bertz CT molecular complexity index is 1530. The van der Waals surface area contributed by atoms with Gasteiger partial charge in [-0.1, -0.05) is 30.3 Å². The van der Waals surface area contributed by atoms with Gasteiger partial charge in [0.25, 0.3) is 11.6 Å². The first-order valence-electron chi connectivity index (χ1n) is 11.1. The molecule has 5 rings (SSSR count). The monoisotopic (exact) mass is 485 g/mol. The van der Waals surface area contributed by atoms with Crippen LogP contribution in [0.3, 0.4) is 0 Å². The summed E-state index contributed by atoms with van der Waals surface area (Å²) in [7, 11) is 2.87. The van der Waals surface area contributed by atoms with Crippen LogP contribution >= 0.6 is 0 Å². The van der Waals surface area contributed by atoms with Gasteiger partial charge in [-0.15, -0.1) is 0 Å². The summed E-state index contributed by atoms with van der Waals surface area (Å²) in [6.45, 7) is 1.75. The number of nitro groups is 1. The number of methoxy groups -OCH3 is 2. The van der Waals surface area contributed by atoms with Crippen molar-refractivity contribution < 1.29 is 19.2 Å². The average molecular weight is 486 g/mol. The van der Waals surface area contributed by atoms with Gasteiger partial charge < -0.3 is 20.1 Å². The number of allylic oxidation sites excluding steroid dienone is 1. The molecule has 0 aliphatic carbocycles. The number of carbonyl (C=O) groups excluding carboxylic acids is 1. The number of anilines is 2. The molecule has 0 saturated heterocycles. The largest absolute Gasteiger partial charge is 0.493 e. The highest BCUT2D eigenvalue weighted by atomic mass is 16.6. The molecule has 1 unspecified atom stereocenters. The molecule has 10 heteroatoms. The summed E-state index contributed by atoms with van der Waals surface area (Å²) in [5.41, 5.74) is 2.90. The topological polar surface area (TPSA) is 121 Å². The van der Waals surface area contributed by atoms with Crippen LogP contribution in [0.4, 0.5) is 17.3 Å². The van der Waals surface area contributed by atoms with Crippen LogP contribution in [0, 0.1) is 10.1 Å². The number of hydrogen-bond acceptors (Lipinski definition) is 7. The van der Waals surface area contributed by atoms with E-state index in [0.717, 1.165) is 0 Å². The molecule has 0 spiro atoms. The van der Waals surface area contributed by atoms with Crippen molar-refractivity contribution in [2.24, 2.45) is 0 Å². The van der Waals surface area contributed by atoms with E-state index in [1.54, 1.807) is 29.7 Å². The van der Waals surface area contributed by atoms with Crippen molar-refractivity contribution in [2.75, 3.05) is 24.9 Å². The molecule has 3 aromatic carbocycles. The number of hydrogen-bond donors (Lipinski definition) is 2. The Labute approximate surface area is 206 Å². The Balaban J connectivity index is 1.78. The SMILES string of the molecule is COc1cc(C2C(C(=O)Nc3ccccc3)=C(C)Nc3nc4ccccc4n32)c([N+](=O)[O-])cc1OC. The Kier molecular flexibility index (Phi) is 5.77. The third-order valence-corrected chi connectivity index (χ3v) is 6.13. The van der Waals surface area contributed by atoms with Gasteiger partial charge in [-0.3, -0.25) is 19.5 Å². The molecule has 0 radical (unpaired) electrons. The van der Waals surface area contributed by atoms with E-state index in [1.165, 1.54) is 20.3 Å². The van der Waals surface area contributed by atoms with E-state index in [0.29, 0.717) is 39.7 Å². The molecule has 1 aliphatic rings. The minimum absolute atomic E-state index is 0.207. The van der Waals surface area contributed by atoms with Crippen LogP contribution in [-0.2, 0) is 4.79 Å². The molecule has 0 bridgehead atoms. The molecule has 10 nitrogen and oxygen atoms in total. The van der Waals surface area contributed by atoms with E-state index in [2.05, 4.69) is 15.6 Å². The molecule has 2 heterocycles. The number of nitro benzene ring substituents is 1. The summed E-state index contributed by atoms with van der Waals surface area (Å²) in [6, 6.07) is 18.4. The summed E-state index contributed by atoms with van der Waals surface area (Å²) < 4.78 is 12.6. The number of nitrogens with zero attached hydrogens (tertiary/aromatic N) is 3. The molecule has 1 atom stereocenters. The van der Waals surface area contributed by atoms with Gasteiger partial charge in [0.2, 0.25) is 5.95 Å². The smallest absolute Gasteiger partial charge is 0.279 e. The van der Waals surface area contributed by atoms with Gasteiger partial charge in [-0.2, -0.15) is 0 Å². The van der Waals surface area contributed by atoms with Gasteiger partial charge in [-0.05, 0) is 37.3 Å². The number of ether oxygens (including phenoxy) is 2. The van der Waals surface area contributed by atoms with Gasteiger partial charge in [0.15, 0.2) is 11.5 Å². The van der Waals surface area contributed by atoms with Crippen molar-refractivity contribution in [3.8, 4) is 11.5 Å². The van der Waals surface area contributed by atoms with Crippen LogP contribution in [0.2, 0.25) is 0 Å². The van der Waals surface area contributed by atoms with Crippen molar-refractivity contribution in [2.45, 2.75) is 13.0 Å². The number of carbonyl (C=O) groups is 1. The minimum atomic E-state index is -0.877. The highest BCUT2D eigenvalue weighted by Gasteiger charge is 2.38. The fourth-order valence-electron chi connectivity index (χ4n) is 4.53. The fourth-order valence-corrected chi connectivity index (χ4v) is 4.53. The number of rotatable bonds is 6. The summed E-state index contributed by atoms with van der Waals surface area (Å²) >= 11 is 0. The summed E-state index contributed by atoms with van der Waals surface area (Å²) in [5.74, 6) is 0.597. The number of amides is 1. The van der Waals surface area contributed by atoms with Crippen molar-refractivity contribution in [3.63, 3.8) is 0 Å². The molecule has 36 heavy (non-hydrogen) atoms. The van der Waals surface area contributed by atoms with E-state index < -0.39 is 16.9 Å². The lowest BCUT2D eigenvalue weighted by Gasteiger charge is -2.30. The molecule has 0 fully saturated rings. The van der Waals surface area contributed by atoms with Gasteiger partial charge in [0.1, 0.15) is 6.04 Å². The maximum atomic E-state index is 13.7. The van der Waals surface area contributed by atoms with Crippen molar-refractivity contribution in [1.82, 2.24) is 9.55 Å². The van der Waals surface area contributed by atoms with Crippen LogP contribution in [0.25, 0.3) is 11.0 Å². The minimum Gasteiger partial charge on any atom is -0.493 e. The van der Waals surface area contributed by atoms with Gasteiger partial charge in [0.05, 0.1) is 47.4 Å². The number of fused-ring (bicyclic) bond motifs is 3. The maximum Gasteiger partial charge on any atom is 0.279 e. The summed E-state index contributed by atoms with van der Waals surface area (Å²) in [5, 5.41) is 18.4. The molecule has 182 valence electrons. The lowest BCUT2D eigenvalue weighted by atomic mass is 9.92. The van der Waals surface area contributed by atoms with E-state index in [-0.39, 0.29) is 17.0 Å². The Morgan fingerprint density at radius 3 is 2.42 bits per heavy atom. The number of aromatic nitrogens is 2. The highest BCUT2D eigenvalue weighted by Crippen LogP contribution is 2.45. The summed E-state index contributed by atoms with van der Waals surface area (Å²) in [6.07, 6.45) is 0.